The molecule has 0 unspecified atom stereocenters. The number of nitrogens with one attached hydrogen (secondary N) is 1. The first-order chi connectivity index (χ1) is 12.8. The minimum Gasteiger partial charge on any atom is -0.497 e. The van der Waals surface area contributed by atoms with Gasteiger partial charge in [-0.1, -0.05) is 28.2 Å². The molecule has 0 aliphatic carbocycles. The van der Waals surface area contributed by atoms with Gasteiger partial charge in [0.2, 0.25) is 0 Å². The lowest BCUT2D eigenvalue weighted by atomic mass is 10.1. The average Bonchev–Trinajstić information content (AvgIpc) is 3.12. The number of alkyl halides is 3. The van der Waals surface area contributed by atoms with E-state index in [4.69, 9.17) is 16.3 Å². The van der Waals surface area contributed by atoms with Crippen LogP contribution in [0.15, 0.2) is 42.5 Å². The van der Waals surface area contributed by atoms with Gasteiger partial charge in [-0.25, -0.2) is 0 Å². The SMILES string of the molecule is COc1cccc(-c2nnsc2C(=O)Nc2ccc(Cl)c(C(F)(F)F)c2)c1. The number of nitrogens with zero attached hydrogens (tertiary/aromatic N) is 2. The van der Waals surface area contributed by atoms with Crippen molar-refractivity contribution in [1.29, 1.82) is 0 Å². The Morgan fingerprint density at radius 1 is 1.22 bits per heavy atom. The van der Waals surface area contributed by atoms with Gasteiger partial charge >= 0.3 is 6.18 Å². The Kier molecular flexibility index (Phi) is 5.33. The molecular formula is C17H11ClF3N3O2S. The van der Waals surface area contributed by atoms with Crippen LogP contribution in [-0.4, -0.2) is 22.6 Å². The number of halogens is 4. The molecule has 0 saturated heterocycles. The molecule has 5 nitrogen and oxygen atoms in total. The molecule has 0 saturated carbocycles. The van der Waals surface area contributed by atoms with E-state index >= 15 is 0 Å². The summed E-state index contributed by atoms with van der Waals surface area (Å²) in [5.41, 5.74) is -0.166. The average molecular weight is 414 g/mol. The monoisotopic (exact) mass is 413 g/mol. The lowest BCUT2D eigenvalue weighted by Crippen LogP contribution is -2.13. The van der Waals surface area contributed by atoms with Crippen LogP contribution < -0.4 is 10.1 Å². The van der Waals surface area contributed by atoms with E-state index in [0.29, 0.717) is 17.0 Å². The number of anilines is 1. The zero-order chi connectivity index (χ0) is 19.6. The fourth-order valence-corrected chi connectivity index (χ4v) is 3.11. The molecule has 140 valence electrons. The number of amides is 1. The number of rotatable bonds is 4. The molecule has 0 aliphatic rings. The second-order valence-corrected chi connectivity index (χ2v) is 6.49. The summed E-state index contributed by atoms with van der Waals surface area (Å²) in [5.74, 6) is -0.0577. The molecule has 2 aromatic carbocycles. The summed E-state index contributed by atoms with van der Waals surface area (Å²) >= 11 is 6.42. The molecule has 0 aliphatic heterocycles. The summed E-state index contributed by atoms with van der Waals surface area (Å²) in [6.07, 6.45) is -4.63. The lowest BCUT2D eigenvalue weighted by molar-refractivity contribution is -0.137. The topological polar surface area (TPSA) is 64.1 Å². The Bertz CT molecular complexity index is 992. The second-order valence-electron chi connectivity index (χ2n) is 5.33. The number of carbonyl (C=O) groups excluding carboxylic acids is 1. The highest BCUT2D eigenvalue weighted by molar-refractivity contribution is 7.08. The maximum Gasteiger partial charge on any atom is 0.417 e. The number of benzene rings is 2. The van der Waals surface area contributed by atoms with Crippen LogP contribution in [0.5, 0.6) is 5.75 Å². The summed E-state index contributed by atoms with van der Waals surface area (Å²) < 4.78 is 47.8. The molecule has 0 fully saturated rings. The molecule has 1 N–H and O–H groups in total. The molecule has 1 aromatic heterocycles. The van der Waals surface area contributed by atoms with Gasteiger partial charge in [-0.05, 0) is 41.9 Å². The first-order valence-corrected chi connectivity index (χ1v) is 8.59. The molecule has 0 spiro atoms. The Balaban J connectivity index is 1.89. The van der Waals surface area contributed by atoms with Crippen molar-refractivity contribution in [2.75, 3.05) is 12.4 Å². The van der Waals surface area contributed by atoms with Crippen molar-refractivity contribution in [3.8, 4) is 17.0 Å². The van der Waals surface area contributed by atoms with Crippen molar-refractivity contribution in [2.45, 2.75) is 6.18 Å². The van der Waals surface area contributed by atoms with Crippen molar-refractivity contribution in [1.82, 2.24) is 9.59 Å². The van der Waals surface area contributed by atoms with Gasteiger partial charge in [-0.3, -0.25) is 4.79 Å². The first-order valence-electron chi connectivity index (χ1n) is 7.44. The number of ether oxygens (including phenoxy) is 1. The summed E-state index contributed by atoms with van der Waals surface area (Å²) in [7, 11) is 1.50. The summed E-state index contributed by atoms with van der Waals surface area (Å²) in [5, 5.41) is 5.92. The number of carbonyl (C=O) groups is 1. The van der Waals surface area contributed by atoms with E-state index in [-0.39, 0.29) is 10.6 Å². The van der Waals surface area contributed by atoms with E-state index in [1.165, 1.54) is 13.2 Å². The molecule has 1 heterocycles. The van der Waals surface area contributed by atoms with E-state index in [1.54, 1.807) is 24.3 Å². The van der Waals surface area contributed by atoms with Crippen LogP contribution in [0.25, 0.3) is 11.3 Å². The molecule has 27 heavy (non-hydrogen) atoms. The van der Waals surface area contributed by atoms with E-state index in [9.17, 15) is 18.0 Å². The Morgan fingerprint density at radius 2 is 2.00 bits per heavy atom. The third-order valence-electron chi connectivity index (χ3n) is 3.57. The van der Waals surface area contributed by atoms with Crippen LogP contribution in [-0.2, 0) is 6.18 Å². The number of hydrogen-bond donors (Lipinski definition) is 1. The summed E-state index contributed by atoms with van der Waals surface area (Å²) in [4.78, 5) is 12.7. The smallest absolute Gasteiger partial charge is 0.417 e. The standard InChI is InChI=1S/C17H11ClF3N3O2S/c1-26-11-4-2-3-9(7-11)14-15(27-24-23-14)16(25)22-10-5-6-13(18)12(8-10)17(19,20)21/h2-8H,1H3,(H,22,25). The predicted octanol–water partition coefficient (Wildman–Crippen LogP) is 5.14. The van der Waals surface area contributed by atoms with Crippen LogP contribution in [0.1, 0.15) is 15.2 Å². The quantitative estimate of drug-likeness (QED) is 0.643. The summed E-state index contributed by atoms with van der Waals surface area (Å²) in [6.45, 7) is 0. The Labute approximate surface area is 160 Å². The third-order valence-corrected chi connectivity index (χ3v) is 4.62. The fraction of sp³-hybridized carbons (Fsp3) is 0.118. The maximum absolute atomic E-state index is 13.0. The Hall–Kier alpha value is -2.65. The van der Waals surface area contributed by atoms with Crippen LogP contribution in [0.4, 0.5) is 18.9 Å². The van der Waals surface area contributed by atoms with E-state index < -0.39 is 22.7 Å². The first kappa shape index (κ1) is 19.1. The molecule has 0 radical (unpaired) electrons. The third kappa shape index (κ3) is 4.20. The van der Waals surface area contributed by atoms with Gasteiger partial charge in [-0.2, -0.15) is 13.2 Å². The minimum absolute atomic E-state index is 0.0401. The van der Waals surface area contributed by atoms with Crippen LogP contribution in [0.2, 0.25) is 5.02 Å². The number of aromatic nitrogens is 2. The highest BCUT2D eigenvalue weighted by atomic mass is 35.5. The predicted molar refractivity (Wildman–Crippen MR) is 96.3 cm³/mol. The normalized spacial score (nSPS) is 11.3. The van der Waals surface area contributed by atoms with Crippen molar-refractivity contribution in [3.63, 3.8) is 0 Å². The lowest BCUT2D eigenvalue weighted by Gasteiger charge is -2.11. The van der Waals surface area contributed by atoms with Crippen LogP contribution in [0.3, 0.4) is 0 Å². The van der Waals surface area contributed by atoms with Gasteiger partial charge in [0.05, 0.1) is 17.7 Å². The van der Waals surface area contributed by atoms with Crippen LogP contribution in [0, 0.1) is 0 Å². The fourth-order valence-electron chi connectivity index (χ4n) is 2.31. The molecule has 3 rings (SSSR count). The van der Waals surface area contributed by atoms with Gasteiger partial charge in [0.15, 0.2) is 0 Å². The number of methoxy groups -OCH3 is 1. The maximum atomic E-state index is 13.0. The van der Waals surface area contributed by atoms with Gasteiger partial charge in [-0.15, -0.1) is 5.10 Å². The largest absolute Gasteiger partial charge is 0.497 e. The van der Waals surface area contributed by atoms with Crippen molar-refractivity contribution >= 4 is 34.7 Å². The zero-order valence-corrected chi connectivity index (χ0v) is 15.2. The second kappa shape index (κ2) is 7.53. The molecular weight excluding hydrogens is 403 g/mol. The highest BCUT2D eigenvalue weighted by Crippen LogP contribution is 2.36. The Morgan fingerprint density at radius 3 is 2.70 bits per heavy atom. The van der Waals surface area contributed by atoms with Gasteiger partial charge in [0.1, 0.15) is 16.3 Å². The van der Waals surface area contributed by atoms with Gasteiger partial charge < -0.3 is 10.1 Å². The number of hydrogen-bond acceptors (Lipinski definition) is 5. The van der Waals surface area contributed by atoms with E-state index in [0.717, 1.165) is 23.7 Å². The van der Waals surface area contributed by atoms with Crippen molar-refractivity contribution in [3.05, 3.63) is 57.9 Å². The molecule has 0 atom stereocenters. The molecule has 3 aromatic rings. The molecule has 0 bridgehead atoms. The van der Waals surface area contributed by atoms with Gasteiger partial charge in [0.25, 0.3) is 5.91 Å². The minimum atomic E-state index is -4.63. The van der Waals surface area contributed by atoms with E-state index in [1.807, 2.05) is 0 Å². The van der Waals surface area contributed by atoms with E-state index in [2.05, 4.69) is 14.9 Å². The molecule has 1 amide bonds. The van der Waals surface area contributed by atoms with Crippen LogP contribution >= 0.6 is 23.1 Å². The highest BCUT2D eigenvalue weighted by Gasteiger charge is 2.33. The van der Waals surface area contributed by atoms with Gasteiger partial charge in [0, 0.05) is 11.3 Å². The zero-order valence-electron chi connectivity index (χ0n) is 13.7. The molecule has 10 heteroatoms. The van der Waals surface area contributed by atoms with Crippen molar-refractivity contribution < 1.29 is 22.7 Å². The van der Waals surface area contributed by atoms with Crippen molar-refractivity contribution in [2.24, 2.45) is 0 Å². The summed E-state index contributed by atoms with van der Waals surface area (Å²) in [6, 6.07) is 10.0.